The van der Waals surface area contributed by atoms with E-state index in [0.29, 0.717) is 6.42 Å². The highest BCUT2D eigenvalue weighted by Crippen LogP contribution is 2.43. The third kappa shape index (κ3) is 2.54. The lowest BCUT2D eigenvalue weighted by molar-refractivity contribution is -0.0635. The van der Waals surface area contributed by atoms with Gasteiger partial charge in [0.25, 0.3) is 0 Å². The van der Waals surface area contributed by atoms with E-state index >= 15 is 0 Å². The van der Waals surface area contributed by atoms with Crippen LogP contribution in [0.25, 0.3) is 0 Å². The average Bonchev–Trinajstić information content (AvgIpc) is 2.47. The molecule has 0 saturated carbocycles. The molecule has 2 rings (SSSR count). The normalized spacial score (nSPS) is 25.4. The van der Waals surface area contributed by atoms with Gasteiger partial charge in [0.1, 0.15) is 10.7 Å². The minimum Gasteiger partial charge on any atom is -0.368 e. The van der Waals surface area contributed by atoms with Gasteiger partial charge in [-0.25, -0.2) is 12.8 Å². The summed E-state index contributed by atoms with van der Waals surface area (Å²) in [5, 5.41) is -0.744. The molecule has 0 aliphatic carbocycles. The van der Waals surface area contributed by atoms with Gasteiger partial charge in [0, 0.05) is 0 Å². The molecule has 0 aromatic heterocycles. The third-order valence-electron chi connectivity index (χ3n) is 3.51. The minimum atomic E-state index is -3.75. The summed E-state index contributed by atoms with van der Waals surface area (Å²) in [4.78, 5) is -0.241. The third-order valence-corrected chi connectivity index (χ3v) is 5.94. The number of sulfone groups is 1. The number of halogens is 1. The second-order valence-corrected chi connectivity index (χ2v) is 8.23. The van der Waals surface area contributed by atoms with Crippen LogP contribution < -0.4 is 0 Å². The Morgan fingerprint density at radius 3 is 2.26 bits per heavy atom. The van der Waals surface area contributed by atoms with Crippen molar-refractivity contribution in [1.29, 1.82) is 0 Å². The smallest absolute Gasteiger partial charge is 0.187 e. The highest BCUT2D eigenvalue weighted by atomic mass is 32.2. The molecule has 106 valence electrons. The maximum Gasteiger partial charge on any atom is 0.187 e. The highest BCUT2D eigenvalue weighted by Gasteiger charge is 2.52. The van der Waals surface area contributed by atoms with Crippen LogP contribution in [0.3, 0.4) is 0 Å². The molecule has 19 heavy (non-hydrogen) atoms. The van der Waals surface area contributed by atoms with Crippen molar-refractivity contribution < 1.29 is 17.5 Å². The zero-order valence-electron chi connectivity index (χ0n) is 11.6. The van der Waals surface area contributed by atoms with Crippen LogP contribution in [0.15, 0.2) is 29.2 Å². The van der Waals surface area contributed by atoms with E-state index in [1.807, 2.05) is 13.8 Å². The van der Waals surface area contributed by atoms with Gasteiger partial charge in [-0.1, -0.05) is 12.1 Å². The van der Waals surface area contributed by atoms with E-state index in [1.54, 1.807) is 13.8 Å². The molecule has 1 aromatic carbocycles. The summed E-state index contributed by atoms with van der Waals surface area (Å²) < 4.78 is 44.8. The van der Waals surface area contributed by atoms with Crippen LogP contribution in [-0.2, 0) is 14.6 Å². The Labute approximate surface area is 113 Å². The summed E-state index contributed by atoms with van der Waals surface area (Å²) >= 11 is 0. The van der Waals surface area contributed by atoms with Crippen molar-refractivity contribution >= 4 is 9.84 Å². The van der Waals surface area contributed by atoms with Crippen molar-refractivity contribution in [2.24, 2.45) is 0 Å². The van der Waals surface area contributed by atoms with Crippen molar-refractivity contribution in [3.63, 3.8) is 0 Å². The van der Waals surface area contributed by atoms with E-state index in [9.17, 15) is 12.8 Å². The maximum atomic E-state index is 13.8. The van der Waals surface area contributed by atoms with Crippen molar-refractivity contribution in [1.82, 2.24) is 0 Å². The van der Waals surface area contributed by atoms with Gasteiger partial charge in [-0.05, 0) is 46.2 Å². The van der Waals surface area contributed by atoms with Crippen molar-refractivity contribution in [2.45, 2.75) is 55.5 Å². The van der Waals surface area contributed by atoms with E-state index in [1.165, 1.54) is 24.3 Å². The van der Waals surface area contributed by atoms with Crippen molar-refractivity contribution in [3.8, 4) is 0 Å². The van der Waals surface area contributed by atoms with Gasteiger partial charge < -0.3 is 4.74 Å². The molecular weight excluding hydrogens is 267 g/mol. The summed E-state index contributed by atoms with van der Waals surface area (Å²) in [5.41, 5.74) is -1.35. The van der Waals surface area contributed by atoms with Crippen molar-refractivity contribution in [2.75, 3.05) is 0 Å². The molecule has 1 saturated heterocycles. The zero-order valence-corrected chi connectivity index (χ0v) is 12.4. The van der Waals surface area contributed by atoms with Gasteiger partial charge in [-0.2, -0.15) is 0 Å². The Morgan fingerprint density at radius 2 is 1.79 bits per heavy atom. The summed E-state index contributed by atoms with van der Waals surface area (Å²) in [5.74, 6) is -0.706. The molecule has 3 nitrogen and oxygen atoms in total. The first-order valence-electron chi connectivity index (χ1n) is 6.25. The lowest BCUT2D eigenvalue weighted by atomic mass is 10.0. The SMILES string of the molecule is CC1(C)CC(S(=O)(=O)c2ccccc2F)C(C)(C)O1. The van der Waals surface area contributed by atoms with E-state index < -0.39 is 32.1 Å². The van der Waals surface area contributed by atoms with Gasteiger partial charge in [-0.15, -0.1) is 0 Å². The topological polar surface area (TPSA) is 43.4 Å². The van der Waals surface area contributed by atoms with Crippen LogP contribution in [0.1, 0.15) is 34.1 Å². The fourth-order valence-electron chi connectivity index (χ4n) is 2.82. The van der Waals surface area contributed by atoms with E-state index in [0.717, 1.165) is 0 Å². The van der Waals surface area contributed by atoms with Gasteiger partial charge in [0.05, 0.1) is 16.5 Å². The molecule has 0 radical (unpaired) electrons. The van der Waals surface area contributed by atoms with Crippen LogP contribution in [0.2, 0.25) is 0 Å². The Hall–Kier alpha value is -0.940. The molecular formula is C14H19FO3S. The summed E-state index contributed by atoms with van der Waals surface area (Å²) in [7, 11) is -3.75. The molecule has 1 atom stereocenters. The highest BCUT2D eigenvalue weighted by molar-refractivity contribution is 7.92. The predicted octanol–water partition coefficient (Wildman–Crippen LogP) is 2.95. The molecule has 0 bridgehead atoms. The number of benzene rings is 1. The van der Waals surface area contributed by atoms with Crippen LogP contribution in [0.5, 0.6) is 0 Å². The van der Waals surface area contributed by atoms with E-state index in [4.69, 9.17) is 4.74 Å². The largest absolute Gasteiger partial charge is 0.368 e. The number of hydrogen-bond donors (Lipinski definition) is 0. The molecule has 0 N–H and O–H groups in total. The first-order chi connectivity index (χ1) is 8.56. The van der Waals surface area contributed by atoms with Crippen molar-refractivity contribution in [3.05, 3.63) is 30.1 Å². The van der Waals surface area contributed by atoms with Crippen LogP contribution >= 0.6 is 0 Å². The Morgan fingerprint density at radius 1 is 1.21 bits per heavy atom. The monoisotopic (exact) mass is 286 g/mol. The second kappa shape index (κ2) is 4.28. The lowest BCUT2D eigenvalue weighted by Crippen LogP contribution is -2.38. The Bertz CT molecular complexity index is 590. The predicted molar refractivity (Wildman–Crippen MR) is 71.2 cm³/mol. The standard InChI is InChI=1S/C14H19FO3S/c1-13(2)9-12(14(3,4)18-13)19(16,17)11-8-6-5-7-10(11)15/h5-8,12H,9H2,1-4H3. The van der Waals surface area contributed by atoms with Gasteiger partial charge in [0.2, 0.25) is 0 Å². The number of rotatable bonds is 2. The first-order valence-corrected chi connectivity index (χ1v) is 7.79. The first kappa shape index (κ1) is 14.5. The van der Waals surface area contributed by atoms with Gasteiger partial charge in [-0.3, -0.25) is 0 Å². The summed E-state index contributed by atoms with van der Waals surface area (Å²) in [6, 6.07) is 5.49. The van der Waals surface area contributed by atoms with Gasteiger partial charge in [0.15, 0.2) is 9.84 Å². The second-order valence-electron chi connectivity index (χ2n) is 6.13. The lowest BCUT2D eigenvalue weighted by Gasteiger charge is -2.27. The Balaban J connectivity index is 2.50. The molecule has 1 aliphatic heterocycles. The van der Waals surface area contributed by atoms with E-state index in [2.05, 4.69) is 0 Å². The molecule has 5 heteroatoms. The maximum absolute atomic E-state index is 13.8. The average molecular weight is 286 g/mol. The minimum absolute atomic E-state index is 0.241. The van der Waals surface area contributed by atoms with Crippen LogP contribution in [0.4, 0.5) is 4.39 Å². The molecule has 0 amide bonds. The number of hydrogen-bond acceptors (Lipinski definition) is 3. The molecule has 1 heterocycles. The molecule has 1 unspecified atom stereocenters. The molecule has 1 aromatic rings. The van der Waals surface area contributed by atoms with E-state index in [-0.39, 0.29) is 4.90 Å². The molecule has 0 spiro atoms. The molecule has 1 aliphatic rings. The summed E-state index contributed by atoms with van der Waals surface area (Å²) in [6.45, 7) is 7.19. The quantitative estimate of drug-likeness (QED) is 0.839. The van der Waals surface area contributed by atoms with Crippen LogP contribution in [0, 0.1) is 5.82 Å². The molecule has 1 fully saturated rings. The fourth-order valence-corrected chi connectivity index (χ4v) is 5.15. The number of ether oxygens (including phenoxy) is 1. The van der Waals surface area contributed by atoms with Crippen LogP contribution in [-0.4, -0.2) is 24.9 Å². The zero-order chi connectivity index (χ0) is 14.5. The summed E-state index contributed by atoms with van der Waals surface area (Å²) in [6.07, 6.45) is 0.358. The fraction of sp³-hybridized carbons (Fsp3) is 0.571. The Kier molecular flexibility index (Phi) is 3.26. The van der Waals surface area contributed by atoms with Gasteiger partial charge >= 0.3 is 0 Å².